The minimum Gasteiger partial charge on any atom is -0.208 e. The number of hydrogen-bond acceptors (Lipinski definition) is 3. The first-order valence-corrected chi connectivity index (χ1v) is 17.4. The Bertz CT molecular complexity index is 2490. The topological polar surface area (TPSA) is 38.7 Å². The Morgan fingerprint density at radius 3 is 1.54 bits per heavy atom. The van der Waals surface area contributed by atoms with Crippen LogP contribution in [0.15, 0.2) is 140 Å². The molecule has 0 unspecified atom stereocenters. The maximum Gasteiger partial charge on any atom is 0.164 e. The van der Waals surface area contributed by atoms with Gasteiger partial charge in [-0.3, -0.25) is 0 Å². The van der Waals surface area contributed by atoms with Gasteiger partial charge in [-0.2, -0.15) is 0 Å². The van der Waals surface area contributed by atoms with Crippen molar-refractivity contribution in [1.82, 2.24) is 15.0 Å². The molecule has 6 aromatic carbocycles. The molecule has 0 atom stereocenters. The van der Waals surface area contributed by atoms with E-state index >= 15 is 0 Å². The highest BCUT2D eigenvalue weighted by Gasteiger charge is 2.43. The van der Waals surface area contributed by atoms with Gasteiger partial charge in [0.1, 0.15) is 0 Å². The van der Waals surface area contributed by atoms with Gasteiger partial charge in [-0.25, -0.2) is 15.0 Å². The van der Waals surface area contributed by atoms with Crippen LogP contribution >= 0.6 is 0 Å². The molecule has 0 aliphatic heterocycles. The second-order valence-corrected chi connectivity index (χ2v) is 13.4. The van der Waals surface area contributed by atoms with Crippen LogP contribution in [-0.4, -0.2) is 15.0 Å². The molecule has 242 valence electrons. The van der Waals surface area contributed by atoms with Gasteiger partial charge in [0.25, 0.3) is 0 Å². The van der Waals surface area contributed by atoms with Crippen LogP contribution in [0.25, 0.3) is 67.5 Å². The molecule has 0 amide bonds. The lowest BCUT2D eigenvalue weighted by Crippen LogP contribution is -2.28. The van der Waals surface area contributed by atoms with Crippen molar-refractivity contribution in [1.29, 1.82) is 0 Å². The Balaban J connectivity index is 1.17. The molecule has 0 radical (unpaired) electrons. The van der Waals surface area contributed by atoms with Crippen molar-refractivity contribution >= 4 is 0 Å². The van der Waals surface area contributed by atoms with Crippen LogP contribution in [0.4, 0.5) is 0 Å². The highest BCUT2D eigenvalue weighted by atomic mass is 15.0. The smallest absolute Gasteiger partial charge is 0.164 e. The predicted molar refractivity (Wildman–Crippen MR) is 206 cm³/mol. The first-order chi connectivity index (χ1) is 26.1. The van der Waals surface area contributed by atoms with Crippen LogP contribution in [0.3, 0.4) is 0 Å². The molecule has 1 saturated carbocycles. The second-order valence-electron chi connectivity index (χ2n) is 13.4. The van der Waals surface area contributed by atoms with Crippen molar-refractivity contribution in [2.75, 3.05) is 0 Å². The molecule has 2 aliphatic rings. The van der Waals surface area contributed by atoms with Crippen LogP contribution in [0.1, 0.15) is 59.7 Å². The summed E-state index contributed by atoms with van der Waals surface area (Å²) in [6, 6.07) is 46.9. The van der Waals surface area contributed by atoms with Gasteiger partial charge in [0, 0.05) is 27.6 Å². The fourth-order valence-corrected chi connectivity index (χ4v) is 7.62. The number of hydrogen-bond donors (Lipinski definition) is 0. The highest BCUT2D eigenvalue weighted by molar-refractivity contribution is 5.86. The molecule has 7 aromatic rings. The third-order valence-corrected chi connectivity index (χ3v) is 10.2. The third-order valence-electron chi connectivity index (χ3n) is 10.2. The summed E-state index contributed by atoms with van der Waals surface area (Å²) in [7, 11) is 0. The molecule has 3 heteroatoms. The molecular formula is C47H39N3. The van der Waals surface area contributed by atoms with Crippen LogP contribution in [0.2, 0.25) is 0 Å². The molecule has 50 heavy (non-hydrogen) atoms. The molecule has 2 aliphatic carbocycles. The normalized spacial score (nSPS) is 17.6. The predicted octanol–water partition coefficient (Wildman–Crippen LogP) is 12.1. The fraction of sp³-hybridized carbons (Fsp3) is 0.170. The summed E-state index contributed by atoms with van der Waals surface area (Å²) in [5, 5.41) is 0. The molecular weight excluding hydrogens is 607 g/mol. The number of aryl methyl sites for hydroxylation is 2. The minimum atomic E-state index is -1.76. The van der Waals surface area contributed by atoms with Gasteiger partial charge in [-0.05, 0) is 100 Å². The van der Waals surface area contributed by atoms with Crippen molar-refractivity contribution in [2.24, 2.45) is 0 Å². The Morgan fingerprint density at radius 1 is 0.420 bits per heavy atom. The number of nitrogens with zero attached hydrogens (tertiary/aromatic N) is 3. The quantitative estimate of drug-likeness (QED) is 0.186. The van der Waals surface area contributed by atoms with Crippen molar-refractivity contribution in [3.63, 3.8) is 0 Å². The van der Waals surface area contributed by atoms with Crippen molar-refractivity contribution in [2.45, 2.75) is 51.3 Å². The zero-order valence-corrected chi connectivity index (χ0v) is 28.2. The monoisotopic (exact) mass is 649 g/mol. The van der Waals surface area contributed by atoms with Crippen LogP contribution in [0, 0.1) is 13.8 Å². The summed E-state index contributed by atoms with van der Waals surface area (Å²) in [6.45, 7) is 4.24. The molecule has 1 fully saturated rings. The molecule has 1 heterocycles. The van der Waals surface area contributed by atoms with E-state index in [-0.39, 0.29) is 0 Å². The fourth-order valence-electron chi connectivity index (χ4n) is 7.62. The summed E-state index contributed by atoms with van der Waals surface area (Å²) in [4.78, 5) is 14.8. The SMILES string of the molecule is [2H]C1([2H])CCCC([2H])([2H])C12c1ccccc1-c1ccc(-c3ccc(C)c(-c4cc(-c5nc(-c6ccccc6)nc(-c6ccccc6)n5)ccc4C)c3)cc12. The number of fused-ring (bicyclic) bond motifs is 5. The highest BCUT2D eigenvalue weighted by Crippen LogP contribution is 2.56. The van der Waals surface area contributed by atoms with Gasteiger partial charge >= 0.3 is 0 Å². The lowest BCUT2D eigenvalue weighted by atomic mass is 9.67. The number of aromatic nitrogens is 3. The van der Waals surface area contributed by atoms with E-state index in [1.54, 1.807) is 0 Å². The second kappa shape index (κ2) is 12.3. The van der Waals surface area contributed by atoms with Crippen LogP contribution in [0.5, 0.6) is 0 Å². The van der Waals surface area contributed by atoms with Gasteiger partial charge in [0.2, 0.25) is 0 Å². The van der Waals surface area contributed by atoms with E-state index in [1.807, 2.05) is 84.9 Å². The summed E-state index contributed by atoms with van der Waals surface area (Å²) in [6.07, 6.45) is -2.38. The Hall–Kier alpha value is -5.67. The Morgan fingerprint density at radius 2 is 0.900 bits per heavy atom. The largest absolute Gasteiger partial charge is 0.208 e. The number of benzene rings is 6. The average molecular weight is 650 g/mol. The molecule has 9 rings (SSSR count). The van der Waals surface area contributed by atoms with Gasteiger partial charge in [0.05, 0.1) is 0 Å². The van der Waals surface area contributed by atoms with E-state index in [4.69, 9.17) is 15.0 Å². The summed E-state index contributed by atoms with van der Waals surface area (Å²) >= 11 is 0. The maximum atomic E-state index is 9.39. The van der Waals surface area contributed by atoms with Crippen molar-refractivity contribution in [3.8, 4) is 67.5 Å². The Kier molecular flexibility index (Phi) is 6.47. The van der Waals surface area contributed by atoms with Gasteiger partial charge in [0.15, 0.2) is 17.5 Å². The van der Waals surface area contributed by atoms with Crippen LogP contribution < -0.4 is 0 Å². The van der Waals surface area contributed by atoms with Gasteiger partial charge in [-0.1, -0.05) is 141 Å². The molecule has 0 bridgehead atoms. The van der Waals surface area contributed by atoms with E-state index in [0.29, 0.717) is 36.7 Å². The van der Waals surface area contributed by atoms with E-state index in [1.165, 1.54) is 0 Å². The minimum absolute atomic E-state index is 0.315. The summed E-state index contributed by atoms with van der Waals surface area (Å²) in [5.74, 6) is 1.82. The van der Waals surface area contributed by atoms with Crippen molar-refractivity contribution in [3.05, 3.63) is 162 Å². The zero-order chi connectivity index (χ0) is 37.2. The lowest BCUT2D eigenvalue weighted by molar-refractivity contribution is 0.353. The average Bonchev–Trinajstić information content (AvgIpc) is 3.50. The molecule has 1 aromatic heterocycles. The van der Waals surface area contributed by atoms with Gasteiger partial charge < -0.3 is 0 Å². The zero-order valence-electron chi connectivity index (χ0n) is 32.2. The number of rotatable bonds is 5. The molecule has 3 nitrogen and oxygen atoms in total. The maximum absolute atomic E-state index is 9.39. The molecule has 1 spiro atoms. The van der Waals surface area contributed by atoms with Crippen molar-refractivity contribution < 1.29 is 5.48 Å². The van der Waals surface area contributed by atoms with Gasteiger partial charge in [-0.15, -0.1) is 0 Å². The first kappa shape index (κ1) is 26.2. The third kappa shape index (κ3) is 5.16. The van der Waals surface area contributed by atoms with E-state index < -0.39 is 18.2 Å². The lowest BCUT2D eigenvalue weighted by Gasteiger charge is -2.36. The standard InChI is InChI=1S/C47H39N3/c1-31-20-22-35(36-24-25-39-38-18-10-11-19-42(38)47(43(39)30-36)26-12-5-13-27-47)28-40(31)41-29-37(23-21-32(41)2)46-49-44(33-14-6-3-7-15-33)48-45(50-46)34-16-8-4-9-17-34/h3-4,6-11,14-25,28-30H,5,12-13,26-27H2,1-2H3/i26D2,27D2. The van der Waals surface area contributed by atoms with E-state index in [2.05, 4.69) is 68.4 Å². The van der Waals surface area contributed by atoms with E-state index in [0.717, 1.165) is 72.3 Å². The summed E-state index contributed by atoms with van der Waals surface area (Å²) < 4.78 is 37.6. The first-order valence-electron chi connectivity index (χ1n) is 19.4. The summed E-state index contributed by atoms with van der Waals surface area (Å²) in [5.41, 5.74) is 11.0. The molecule has 0 N–H and O–H groups in total. The molecule has 0 saturated heterocycles. The Labute approximate surface area is 300 Å². The van der Waals surface area contributed by atoms with E-state index in [9.17, 15) is 5.48 Å². The van der Waals surface area contributed by atoms with Crippen LogP contribution in [-0.2, 0) is 5.41 Å².